The van der Waals surface area contributed by atoms with Gasteiger partial charge in [0.2, 0.25) is 10.0 Å². The summed E-state index contributed by atoms with van der Waals surface area (Å²) >= 11 is 5.58. The van der Waals surface area contributed by atoms with Crippen LogP contribution >= 0.6 is 11.6 Å². The zero-order valence-corrected chi connectivity index (χ0v) is 11.5. The molecule has 1 unspecified atom stereocenters. The van der Waals surface area contributed by atoms with Crippen LogP contribution in [0.4, 0.5) is 4.39 Å². The van der Waals surface area contributed by atoms with E-state index in [2.05, 4.69) is 14.7 Å². The number of nitrogens with zero attached hydrogens (tertiary/aromatic N) is 1. The Balaban J connectivity index is 2.28. The minimum absolute atomic E-state index is 0.135. The van der Waals surface area contributed by atoms with Crippen molar-refractivity contribution in [2.75, 3.05) is 0 Å². The molecule has 2 N–H and O–H groups in total. The molecule has 1 aromatic heterocycles. The number of benzene rings is 1. The molecule has 2 aromatic rings. The fourth-order valence-electron chi connectivity index (χ4n) is 1.56. The Morgan fingerprint density at radius 1 is 1.47 bits per heavy atom. The Morgan fingerprint density at radius 3 is 2.79 bits per heavy atom. The summed E-state index contributed by atoms with van der Waals surface area (Å²) in [4.78, 5) is 6.27. The maximum absolute atomic E-state index is 13.6. The molecule has 0 aliphatic carbocycles. The molecule has 0 aliphatic rings. The van der Waals surface area contributed by atoms with Crippen LogP contribution in [0.3, 0.4) is 0 Å². The van der Waals surface area contributed by atoms with Crippen molar-refractivity contribution in [3.8, 4) is 0 Å². The summed E-state index contributed by atoms with van der Waals surface area (Å²) in [5.74, 6) is -0.454. The van der Waals surface area contributed by atoms with Crippen LogP contribution in [0, 0.1) is 5.82 Å². The topological polar surface area (TPSA) is 74.8 Å². The van der Waals surface area contributed by atoms with Crippen molar-refractivity contribution in [2.24, 2.45) is 0 Å². The average molecular weight is 304 g/mol. The number of halogens is 2. The van der Waals surface area contributed by atoms with E-state index in [-0.39, 0.29) is 5.02 Å². The lowest BCUT2D eigenvalue weighted by molar-refractivity contribution is 0.543. The number of imidazole rings is 1. The summed E-state index contributed by atoms with van der Waals surface area (Å²) in [6, 6.07) is 2.79. The number of aromatic amines is 1. The van der Waals surface area contributed by atoms with Crippen LogP contribution < -0.4 is 4.72 Å². The van der Waals surface area contributed by atoms with E-state index >= 15 is 0 Å². The minimum Gasteiger partial charge on any atom is -0.347 e. The van der Waals surface area contributed by atoms with E-state index in [1.807, 2.05) is 0 Å². The van der Waals surface area contributed by atoms with Crippen molar-refractivity contribution in [3.05, 3.63) is 47.3 Å². The van der Waals surface area contributed by atoms with Crippen molar-refractivity contribution in [1.82, 2.24) is 14.7 Å². The molecule has 0 fully saturated rings. The lowest BCUT2D eigenvalue weighted by Crippen LogP contribution is -2.28. The van der Waals surface area contributed by atoms with Crippen LogP contribution in [-0.2, 0) is 10.0 Å². The van der Waals surface area contributed by atoms with Crippen LogP contribution in [0.15, 0.2) is 35.5 Å². The van der Waals surface area contributed by atoms with E-state index in [0.29, 0.717) is 5.82 Å². The summed E-state index contributed by atoms with van der Waals surface area (Å²) in [7, 11) is -3.98. The Morgan fingerprint density at radius 2 is 2.21 bits per heavy atom. The third-order valence-corrected chi connectivity index (χ3v) is 4.25. The van der Waals surface area contributed by atoms with Gasteiger partial charge in [-0.25, -0.2) is 22.5 Å². The first-order valence-corrected chi connectivity index (χ1v) is 7.23. The molecule has 0 saturated carbocycles. The first kappa shape index (κ1) is 14.0. The Kier molecular flexibility index (Phi) is 3.88. The van der Waals surface area contributed by atoms with Gasteiger partial charge in [-0.1, -0.05) is 11.6 Å². The normalized spacial score (nSPS) is 13.4. The number of hydrogen-bond acceptors (Lipinski definition) is 3. The van der Waals surface area contributed by atoms with E-state index in [0.717, 1.165) is 12.1 Å². The number of sulfonamides is 1. The van der Waals surface area contributed by atoms with Crippen LogP contribution in [0.1, 0.15) is 18.8 Å². The van der Waals surface area contributed by atoms with Gasteiger partial charge in [0, 0.05) is 17.4 Å². The fraction of sp³-hybridized carbons (Fsp3) is 0.182. The Labute approximate surface area is 114 Å². The zero-order valence-electron chi connectivity index (χ0n) is 9.89. The molecule has 8 heteroatoms. The van der Waals surface area contributed by atoms with E-state index < -0.39 is 26.8 Å². The molecule has 0 aliphatic heterocycles. The monoisotopic (exact) mass is 303 g/mol. The van der Waals surface area contributed by atoms with Gasteiger partial charge in [0.15, 0.2) is 0 Å². The molecule has 1 atom stereocenters. The largest absolute Gasteiger partial charge is 0.347 e. The van der Waals surface area contributed by atoms with E-state index in [4.69, 9.17) is 11.6 Å². The van der Waals surface area contributed by atoms with Gasteiger partial charge < -0.3 is 4.98 Å². The summed E-state index contributed by atoms with van der Waals surface area (Å²) in [5.41, 5.74) is 0. The third-order valence-electron chi connectivity index (χ3n) is 2.44. The predicted octanol–water partition coefficient (Wildman–Crippen LogP) is 2.24. The number of rotatable bonds is 4. The van der Waals surface area contributed by atoms with Crippen molar-refractivity contribution in [3.63, 3.8) is 0 Å². The highest BCUT2D eigenvalue weighted by Crippen LogP contribution is 2.20. The standard InChI is InChI=1S/C11H11ClFN3O2S/c1-7(11-14-4-5-15-11)16-19(17,18)10-3-2-8(12)6-9(10)13/h2-7,16H,1H3,(H,14,15). The number of nitrogens with one attached hydrogen (secondary N) is 2. The molecule has 102 valence electrons. The van der Waals surface area contributed by atoms with Crippen LogP contribution in [0.2, 0.25) is 5.02 Å². The van der Waals surface area contributed by atoms with Gasteiger partial charge in [0.25, 0.3) is 0 Å². The van der Waals surface area contributed by atoms with Crippen LogP contribution in [0.25, 0.3) is 0 Å². The maximum atomic E-state index is 13.6. The molecular weight excluding hydrogens is 293 g/mol. The van der Waals surface area contributed by atoms with Gasteiger partial charge in [0.1, 0.15) is 16.5 Å². The minimum atomic E-state index is -3.98. The molecular formula is C11H11ClFN3O2S. The quantitative estimate of drug-likeness (QED) is 0.909. The molecule has 0 radical (unpaired) electrons. The maximum Gasteiger partial charge on any atom is 0.244 e. The molecule has 0 bridgehead atoms. The fourth-order valence-corrected chi connectivity index (χ4v) is 2.99. The average Bonchev–Trinajstić information content (AvgIpc) is 2.80. The number of H-pyrrole nitrogens is 1. The lowest BCUT2D eigenvalue weighted by Gasteiger charge is -2.12. The van der Waals surface area contributed by atoms with E-state index in [1.165, 1.54) is 12.3 Å². The number of aromatic nitrogens is 2. The first-order chi connectivity index (χ1) is 8.90. The van der Waals surface area contributed by atoms with Gasteiger partial charge >= 0.3 is 0 Å². The summed E-state index contributed by atoms with van der Waals surface area (Å²) in [6.07, 6.45) is 3.08. The highest BCUT2D eigenvalue weighted by molar-refractivity contribution is 7.89. The van der Waals surface area contributed by atoms with Crippen LogP contribution in [-0.4, -0.2) is 18.4 Å². The molecule has 2 rings (SSSR count). The van der Waals surface area contributed by atoms with Gasteiger partial charge in [0.05, 0.1) is 6.04 Å². The molecule has 0 saturated heterocycles. The smallest absolute Gasteiger partial charge is 0.244 e. The third kappa shape index (κ3) is 3.12. The van der Waals surface area contributed by atoms with Crippen molar-refractivity contribution >= 4 is 21.6 Å². The molecule has 1 heterocycles. The van der Waals surface area contributed by atoms with Gasteiger partial charge in [-0.05, 0) is 25.1 Å². The summed E-state index contributed by atoms with van der Waals surface area (Å²) in [5, 5.41) is 0.135. The molecule has 0 spiro atoms. The second kappa shape index (κ2) is 5.28. The molecule has 5 nitrogen and oxygen atoms in total. The van der Waals surface area contributed by atoms with Gasteiger partial charge in [-0.3, -0.25) is 0 Å². The Hall–Kier alpha value is -1.44. The highest BCUT2D eigenvalue weighted by atomic mass is 35.5. The molecule has 1 aromatic carbocycles. The van der Waals surface area contributed by atoms with Crippen molar-refractivity contribution < 1.29 is 12.8 Å². The van der Waals surface area contributed by atoms with Crippen molar-refractivity contribution in [2.45, 2.75) is 17.9 Å². The first-order valence-electron chi connectivity index (χ1n) is 5.37. The van der Waals surface area contributed by atoms with Gasteiger partial charge in [-0.15, -0.1) is 0 Å². The second-order valence-electron chi connectivity index (χ2n) is 3.89. The lowest BCUT2D eigenvalue weighted by atomic mass is 10.3. The SMILES string of the molecule is CC(NS(=O)(=O)c1ccc(Cl)cc1F)c1ncc[nH]1. The zero-order chi connectivity index (χ0) is 14.0. The van der Waals surface area contributed by atoms with Crippen LogP contribution in [0.5, 0.6) is 0 Å². The second-order valence-corrected chi connectivity index (χ2v) is 6.01. The van der Waals surface area contributed by atoms with E-state index in [9.17, 15) is 12.8 Å². The highest BCUT2D eigenvalue weighted by Gasteiger charge is 2.23. The van der Waals surface area contributed by atoms with Gasteiger partial charge in [-0.2, -0.15) is 0 Å². The molecule has 19 heavy (non-hydrogen) atoms. The Bertz CT molecular complexity index is 673. The molecule has 0 amide bonds. The predicted molar refractivity (Wildman–Crippen MR) is 68.7 cm³/mol. The summed E-state index contributed by atoms with van der Waals surface area (Å²) in [6.45, 7) is 1.60. The van der Waals surface area contributed by atoms with E-state index in [1.54, 1.807) is 13.1 Å². The van der Waals surface area contributed by atoms with Crippen molar-refractivity contribution in [1.29, 1.82) is 0 Å². The summed E-state index contributed by atoms with van der Waals surface area (Å²) < 4.78 is 40.0. The number of hydrogen-bond donors (Lipinski definition) is 2.